The van der Waals surface area contributed by atoms with Crippen molar-refractivity contribution >= 4 is 5.78 Å². The predicted molar refractivity (Wildman–Crippen MR) is 95.3 cm³/mol. The first-order valence-corrected chi connectivity index (χ1v) is 8.10. The topological polar surface area (TPSA) is 44.8 Å². The number of carbonyl (C=O) groups is 1. The van der Waals surface area contributed by atoms with Crippen LogP contribution in [0, 0.1) is 0 Å². The van der Waals surface area contributed by atoms with Crippen LogP contribution in [-0.4, -0.2) is 23.1 Å². The second kappa shape index (κ2) is 6.34. The number of rotatable bonds is 6. The van der Waals surface area contributed by atoms with Gasteiger partial charge < -0.3 is 14.2 Å². The summed E-state index contributed by atoms with van der Waals surface area (Å²) in [6.45, 7) is 17.0. The zero-order valence-electron chi connectivity index (χ0n) is 15.1. The number of carbonyl (C=O) groups excluding carboxylic acids is 1. The van der Waals surface area contributed by atoms with Gasteiger partial charge in [-0.3, -0.25) is 4.79 Å². The minimum Gasteiger partial charge on any atom is -0.485 e. The van der Waals surface area contributed by atoms with Gasteiger partial charge in [-0.15, -0.1) is 0 Å². The van der Waals surface area contributed by atoms with E-state index >= 15 is 0 Å². The van der Waals surface area contributed by atoms with E-state index in [1.54, 1.807) is 24.3 Å². The molecule has 1 aliphatic rings. The fourth-order valence-electron chi connectivity index (χ4n) is 2.30. The fraction of sp³-hybridized carbons (Fsp3) is 0.450. The molecular weight excluding hydrogens is 304 g/mol. The van der Waals surface area contributed by atoms with Crippen LogP contribution in [0.5, 0.6) is 17.2 Å². The third kappa shape index (κ3) is 3.81. The highest BCUT2D eigenvalue weighted by atomic mass is 16.6. The molecule has 24 heavy (non-hydrogen) atoms. The van der Waals surface area contributed by atoms with Crippen molar-refractivity contribution in [1.82, 2.24) is 0 Å². The summed E-state index contributed by atoms with van der Waals surface area (Å²) in [4.78, 5) is 12.3. The molecule has 130 valence electrons. The molecular formula is C20H26O4. The number of ether oxygens (including phenoxy) is 3. The quantitative estimate of drug-likeness (QED) is 0.708. The highest BCUT2D eigenvalue weighted by molar-refractivity contribution is 6.01. The molecule has 0 fully saturated rings. The van der Waals surface area contributed by atoms with Gasteiger partial charge in [-0.2, -0.15) is 0 Å². The van der Waals surface area contributed by atoms with Crippen molar-refractivity contribution in [3.05, 3.63) is 43.0 Å². The first-order valence-electron chi connectivity index (χ1n) is 8.10. The first kappa shape index (κ1) is 18.1. The van der Waals surface area contributed by atoms with Crippen LogP contribution in [-0.2, 0) is 0 Å². The maximum Gasteiger partial charge on any atom is 0.205 e. The number of fused-ring (bicyclic) bond motifs is 1. The maximum atomic E-state index is 12.3. The van der Waals surface area contributed by atoms with E-state index < -0.39 is 11.2 Å². The Hall–Kier alpha value is -2.23. The lowest BCUT2D eigenvalue weighted by atomic mass is 10.00. The van der Waals surface area contributed by atoms with Gasteiger partial charge in [0, 0.05) is 6.42 Å². The van der Waals surface area contributed by atoms with Gasteiger partial charge in [0.15, 0.2) is 17.3 Å². The van der Waals surface area contributed by atoms with Crippen LogP contribution in [0.2, 0.25) is 0 Å². The second-order valence-corrected chi connectivity index (χ2v) is 7.14. The molecule has 0 amide bonds. The molecule has 1 atom stereocenters. The lowest BCUT2D eigenvalue weighted by Gasteiger charge is -2.32. The highest BCUT2D eigenvalue weighted by Crippen LogP contribution is 2.46. The Labute approximate surface area is 144 Å². The normalized spacial score (nSPS) is 17.5. The van der Waals surface area contributed by atoms with E-state index in [0.717, 1.165) is 0 Å². The number of Topliss-reactive ketones (excluding diaryl/α,β-unsaturated/α-hetero) is 1. The molecule has 1 aliphatic heterocycles. The molecule has 0 bridgehead atoms. The molecule has 1 heterocycles. The summed E-state index contributed by atoms with van der Waals surface area (Å²) in [5.41, 5.74) is -0.708. The maximum absolute atomic E-state index is 12.3. The standard InChI is InChI=1S/C20H26O4/c1-8-19(4,5)23-16-11-10-14-15(21)12-13(3)22-17(14)18(16)24-20(6,7)9-2/h8-11,13H,1-2,12H2,3-7H3. The van der Waals surface area contributed by atoms with E-state index in [4.69, 9.17) is 14.2 Å². The van der Waals surface area contributed by atoms with Gasteiger partial charge in [-0.1, -0.05) is 13.2 Å². The van der Waals surface area contributed by atoms with Crippen molar-refractivity contribution in [1.29, 1.82) is 0 Å². The van der Waals surface area contributed by atoms with Crippen LogP contribution in [0.15, 0.2) is 37.4 Å². The van der Waals surface area contributed by atoms with E-state index in [1.807, 2.05) is 34.6 Å². The molecule has 2 rings (SSSR count). The smallest absolute Gasteiger partial charge is 0.205 e. The second-order valence-electron chi connectivity index (χ2n) is 7.14. The van der Waals surface area contributed by atoms with E-state index in [-0.39, 0.29) is 11.9 Å². The summed E-state index contributed by atoms with van der Waals surface area (Å²) in [5, 5.41) is 0. The number of hydrogen-bond donors (Lipinski definition) is 0. The molecule has 4 heteroatoms. The number of hydrogen-bond acceptors (Lipinski definition) is 4. The minimum atomic E-state index is -0.640. The summed E-state index contributed by atoms with van der Waals surface area (Å²) < 4.78 is 18.1. The fourth-order valence-corrected chi connectivity index (χ4v) is 2.30. The summed E-state index contributed by atoms with van der Waals surface area (Å²) in [6.07, 6.45) is 3.56. The third-order valence-electron chi connectivity index (χ3n) is 3.89. The van der Waals surface area contributed by atoms with Gasteiger partial charge >= 0.3 is 0 Å². The summed E-state index contributed by atoms with van der Waals surface area (Å²) in [5.74, 6) is 1.41. The Morgan fingerprint density at radius 2 is 1.71 bits per heavy atom. The SMILES string of the molecule is C=CC(C)(C)Oc1ccc2c(c1OC(C)(C)C=C)OC(C)CC2=O. The largest absolute Gasteiger partial charge is 0.485 e. The molecule has 4 nitrogen and oxygen atoms in total. The number of benzene rings is 1. The van der Waals surface area contributed by atoms with Gasteiger partial charge in [-0.25, -0.2) is 0 Å². The molecule has 0 aromatic heterocycles. The Balaban J connectivity index is 2.59. The van der Waals surface area contributed by atoms with Crippen molar-refractivity contribution in [2.45, 2.75) is 58.3 Å². The molecule has 0 aliphatic carbocycles. The van der Waals surface area contributed by atoms with E-state index in [2.05, 4.69) is 13.2 Å². The van der Waals surface area contributed by atoms with Crippen molar-refractivity contribution < 1.29 is 19.0 Å². The van der Waals surface area contributed by atoms with Crippen molar-refractivity contribution in [3.8, 4) is 17.2 Å². The van der Waals surface area contributed by atoms with Crippen LogP contribution in [0.25, 0.3) is 0 Å². The third-order valence-corrected chi connectivity index (χ3v) is 3.89. The Morgan fingerprint density at radius 1 is 1.12 bits per heavy atom. The molecule has 0 saturated carbocycles. The number of ketones is 1. The van der Waals surface area contributed by atoms with Crippen molar-refractivity contribution in [2.75, 3.05) is 0 Å². The average Bonchev–Trinajstić information content (AvgIpc) is 2.49. The Bertz CT molecular complexity index is 670. The molecule has 1 aromatic carbocycles. The van der Waals surface area contributed by atoms with Gasteiger partial charge in [0.2, 0.25) is 5.75 Å². The molecule has 0 spiro atoms. The summed E-state index contributed by atoms with van der Waals surface area (Å²) >= 11 is 0. The Morgan fingerprint density at radius 3 is 2.29 bits per heavy atom. The van der Waals surface area contributed by atoms with Crippen LogP contribution in [0.4, 0.5) is 0 Å². The minimum absolute atomic E-state index is 0.0412. The summed E-state index contributed by atoms with van der Waals surface area (Å²) in [7, 11) is 0. The lowest BCUT2D eigenvalue weighted by molar-refractivity contribution is 0.0826. The van der Waals surface area contributed by atoms with Crippen LogP contribution in [0.1, 0.15) is 51.4 Å². The van der Waals surface area contributed by atoms with Crippen LogP contribution in [0.3, 0.4) is 0 Å². The van der Waals surface area contributed by atoms with E-state index in [0.29, 0.717) is 29.2 Å². The monoisotopic (exact) mass is 330 g/mol. The van der Waals surface area contributed by atoms with Gasteiger partial charge in [0.1, 0.15) is 17.3 Å². The van der Waals surface area contributed by atoms with Crippen molar-refractivity contribution in [2.24, 2.45) is 0 Å². The summed E-state index contributed by atoms with van der Waals surface area (Å²) in [6, 6.07) is 3.47. The van der Waals surface area contributed by atoms with Crippen molar-refractivity contribution in [3.63, 3.8) is 0 Å². The lowest BCUT2D eigenvalue weighted by Crippen LogP contribution is -2.30. The van der Waals surface area contributed by atoms with Gasteiger partial charge in [-0.05, 0) is 58.9 Å². The molecule has 0 N–H and O–H groups in total. The van der Waals surface area contributed by atoms with Crippen LogP contribution < -0.4 is 14.2 Å². The first-order chi connectivity index (χ1) is 11.1. The highest BCUT2D eigenvalue weighted by Gasteiger charge is 2.32. The van der Waals surface area contributed by atoms with E-state index in [1.165, 1.54) is 0 Å². The van der Waals surface area contributed by atoms with Crippen LogP contribution >= 0.6 is 0 Å². The zero-order chi connectivity index (χ0) is 18.1. The van der Waals surface area contributed by atoms with E-state index in [9.17, 15) is 4.79 Å². The average molecular weight is 330 g/mol. The molecule has 1 aromatic rings. The van der Waals surface area contributed by atoms with Gasteiger partial charge in [0.25, 0.3) is 0 Å². The van der Waals surface area contributed by atoms with Gasteiger partial charge in [0.05, 0.1) is 5.56 Å². The molecule has 0 saturated heterocycles. The predicted octanol–water partition coefficient (Wildman–Crippen LogP) is 4.73. The Kier molecular flexibility index (Phi) is 4.79. The molecule has 1 unspecified atom stereocenters. The zero-order valence-corrected chi connectivity index (χ0v) is 15.1. The molecule has 0 radical (unpaired) electrons.